The van der Waals surface area contributed by atoms with Crippen molar-refractivity contribution < 1.29 is 27.1 Å². The zero-order valence-electron chi connectivity index (χ0n) is 16.9. The maximum atomic E-state index is 14.5. The Bertz CT molecular complexity index is 879. The molecule has 0 radical (unpaired) electrons. The van der Waals surface area contributed by atoms with Crippen molar-refractivity contribution in [3.05, 3.63) is 35.6 Å². The van der Waals surface area contributed by atoms with E-state index >= 15 is 0 Å². The molecule has 0 aromatic heterocycles. The van der Waals surface area contributed by atoms with Gasteiger partial charge in [0.2, 0.25) is 0 Å². The molecule has 1 aliphatic heterocycles. The van der Waals surface area contributed by atoms with Crippen molar-refractivity contribution in [3.63, 3.8) is 0 Å². The van der Waals surface area contributed by atoms with Gasteiger partial charge in [-0.25, -0.2) is 12.8 Å². The Morgan fingerprint density at radius 3 is 2.48 bits per heavy atom. The van der Waals surface area contributed by atoms with Gasteiger partial charge in [-0.05, 0) is 39.2 Å². The highest BCUT2D eigenvalue weighted by atomic mass is 32.2. The van der Waals surface area contributed by atoms with Crippen molar-refractivity contribution in [1.82, 2.24) is 4.90 Å². The molecule has 0 bridgehead atoms. The van der Waals surface area contributed by atoms with Crippen LogP contribution in [0.1, 0.15) is 51.5 Å². The molecule has 0 unspecified atom stereocenters. The van der Waals surface area contributed by atoms with E-state index in [-0.39, 0.29) is 11.5 Å². The number of esters is 1. The van der Waals surface area contributed by atoms with E-state index < -0.39 is 45.1 Å². The van der Waals surface area contributed by atoms with Crippen LogP contribution in [0.15, 0.2) is 24.3 Å². The first-order valence-electron chi connectivity index (χ1n) is 10.2. The molecular formula is C21H28FNO5S. The number of sulfone groups is 1. The number of hydrogen-bond acceptors (Lipinski definition) is 5. The summed E-state index contributed by atoms with van der Waals surface area (Å²) in [6, 6.07) is 5.81. The second-order valence-electron chi connectivity index (χ2n) is 8.00. The Morgan fingerprint density at radius 1 is 1.28 bits per heavy atom. The molecule has 1 heterocycles. The molecule has 1 saturated heterocycles. The number of nitrogens with zero attached hydrogens (tertiary/aromatic N) is 1. The fourth-order valence-corrected chi connectivity index (χ4v) is 6.31. The van der Waals surface area contributed by atoms with Crippen LogP contribution in [-0.4, -0.2) is 55.4 Å². The second-order valence-corrected chi connectivity index (χ2v) is 10.2. The molecule has 2 fully saturated rings. The minimum Gasteiger partial charge on any atom is -0.452 e. The number of ether oxygens (including phenoxy) is 1. The van der Waals surface area contributed by atoms with Crippen molar-refractivity contribution in [2.75, 3.05) is 18.1 Å². The van der Waals surface area contributed by atoms with Crippen molar-refractivity contribution in [2.24, 2.45) is 0 Å². The van der Waals surface area contributed by atoms with Crippen LogP contribution < -0.4 is 0 Å². The number of halogens is 1. The average Bonchev–Trinajstić information content (AvgIpc) is 3.30. The number of benzene rings is 1. The molecule has 2 aliphatic rings. The Balaban J connectivity index is 1.76. The van der Waals surface area contributed by atoms with Crippen LogP contribution in [0.5, 0.6) is 0 Å². The molecule has 1 aliphatic carbocycles. The van der Waals surface area contributed by atoms with E-state index in [4.69, 9.17) is 4.74 Å². The zero-order valence-corrected chi connectivity index (χ0v) is 17.7. The van der Waals surface area contributed by atoms with Gasteiger partial charge in [-0.1, -0.05) is 31.0 Å². The van der Waals surface area contributed by atoms with Crippen LogP contribution in [0.4, 0.5) is 4.39 Å². The van der Waals surface area contributed by atoms with Crippen molar-refractivity contribution in [2.45, 2.75) is 63.5 Å². The summed E-state index contributed by atoms with van der Waals surface area (Å²) in [6.45, 7) is 3.60. The average molecular weight is 426 g/mol. The molecule has 0 spiro atoms. The molecule has 1 saturated carbocycles. The largest absolute Gasteiger partial charge is 0.452 e. The topological polar surface area (TPSA) is 80.8 Å². The third-order valence-electron chi connectivity index (χ3n) is 6.14. The summed E-state index contributed by atoms with van der Waals surface area (Å²) < 4.78 is 43.6. The van der Waals surface area contributed by atoms with E-state index in [0.717, 1.165) is 12.8 Å². The first-order valence-corrected chi connectivity index (χ1v) is 12.0. The number of amides is 1. The molecule has 2 atom stereocenters. The van der Waals surface area contributed by atoms with Crippen molar-refractivity contribution in [1.29, 1.82) is 0 Å². The standard InChI is InChI=1S/C21H28FNO5S/c1-3-23(16-10-13-29(26,27)14-16)19(24)15(2)28-20(25)21(11-6-7-12-21)17-8-4-5-9-18(17)22/h4-5,8-9,15-16H,3,6-7,10-14H2,1-2H3/t15-,16-/m0/s1. The van der Waals surface area contributed by atoms with Gasteiger partial charge >= 0.3 is 5.97 Å². The van der Waals surface area contributed by atoms with Crippen molar-refractivity contribution in [3.8, 4) is 0 Å². The summed E-state index contributed by atoms with van der Waals surface area (Å²) in [5.41, 5.74) is -0.760. The number of hydrogen-bond donors (Lipinski definition) is 0. The number of carbonyl (C=O) groups excluding carboxylic acids is 2. The Morgan fingerprint density at radius 2 is 1.93 bits per heavy atom. The fraction of sp³-hybridized carbons (Fsp3) is 0.619. The first-order chi connectivity index (χ1) is 13.7. The minimum absolute atomic E-state index is 0.0615. The molecule has 1 aromatic rings. The van der Waals surface area contributed by atoms with Crippen LogP contribution in [0.2, 0.25) is 0 Å². The lowest BCUT2D eigenvalue weighted by atomic mass is 9.78. The lowest BCUT2D eigenvalue weighted by Gasteiger charge is -2.32. The third kappa shape index (κ3) is 4.32. The van der Waals surface area contributed by atoms with Crippen LogP contribution in [0.3, 0.4) is 0 Å². The summed E-state index contributed by atoms with van der Waals surface area (Å²) in [7, 11) is -3.14. The summed E-state index contributed by atoms with van der Waals surface area (Å²) in [5, 5.41) is 0. The monoisotopic (exact) mass is 425 g/mol. The molecule has 160 valence electrons. The van der Waals surface area contributed by atoms with Crippen LogP contribution in [0.25, 0.3) is 0 Å². The fourth-order valence-electron chi connectivity index (χ4n) is 4.58. The highest BCUT2D eigenvalue weighted by Crippen LogP contribution is 2.43. The Hall–Kier alpha value is -1.96. The summed E-state index contributed by atoms with van der Waals surface area (Å²) >= 11 is 0. The van der Waals surface area contributed by atoms with Gasteiger partial charge in [0.1, 0.15) is 5.82 Å². The smallest absolute Gasteiger partial charge is 0.317 e. The molecule has 1 aromatic carbocycles. The maximum Gasteiger partial charge on any atom is 0.317 e. The molecule has 29 heavy (non-hydrogen) atoms. The quantitative estimate of drug-likeness (QED) is 0.655. The lowest BCUT2D eigenvalue weighted by Crippen LogP contribution is -2.48. The van der Waals surface area contributed by atoms with Gasteiger partial charge in [-0.15, -0.1) is 0 Å². The summed E-state index contributed by atoms with van der Waals surface area (Å²) in [6.07, 6.45) is 1.86. The SMILES string of the molecule is CCN(C(=O)[C@H](C)OC(=O)C1(c2ccccc2F)CCCC1)[C@H]1CCS(=O)(=O)C1. The number of carbonyl (C=O) groups is 2. The third-order valence-corrected chi connectivity index (χ3v) is 7.89. The normalized spacial score (nSPS) is 23.5. The van der Waals surface area contributed by atoms with Crippen molar-refractivity contribution >= 4 is 21.7 Å². The van der Waals surface area contributed by atoms with Crippen LogP contribution >= 0.6 is 0 Å². The van der Waals surface area contributed by atoms with Gasteiger partial charge in [0.25, 0.3) is 5.91 Å². The van der Waals surface area contributed by atoms with Gasteiger partial charge in [-0.3, -0.25) is 9.59 Å². The predicted molar refractivity (Wildman–Crippen MR) is 107 cm³/mol. The molecule has 6 nitrogen and oxygen atoms in total. The molecule has 3 rings (SSSR count). The second kappa shape index (κ2) is 8.42. The van der Waals surface area contributed by atoms with Gasteiger partial charge < -0.3 is 9.64 Å². The van der Waals surface area contributed by atoms with Gasteiger partial charge in [0.05, 0.1) is 16.9 Å². The summed E-state index contributed by atoms with van der Waals surface area (Å²) in [4.78, 5) is 27.5. The van der Waals surface area contributed by atoms with E-state index in [1.165, 1.54) is 17.9 Å². The van der Waals surface area contributed by atoms with Gasteiger partial charge in [-0.2, -0.15) is 0 Å². The van der Waals surface area contributed by atoms with E-state index in [0.29, 0.717) is 31.4 Å². The predicted octanol–water partition coefficient (Wildman–Crippen LogP) is 2.60. The van der Waals surface area contributed by atoms with E-state index in [9.17, 15) is 22.4 Å². The van der Waals surface area contributed by atoms with E-state index in [2.05, 4.69) is 0 Å². The first kappa shape index (κ1) is 21.7. The van der Waals surface area contributed by atoms with E-state index in [1.54, 1.807) is 25.1 Å². The molecule has 0 N–H and O–H groups in total. The zero-order chi connectivity index (χ0) is 21.2. The minimum atomic E-state index is -3.14. The number of likely N-dealkylation sites (N-methyl/N-ethyl adjacent to an activating group) is 1. The van der Waals surface area contributed by atoms with Crippen LogP contribution in [0, 0.1) is 5.82 Å². The molecule has 8 heteroatoms. The lowest BCUT2D eigenvalue weighted by molar-refractivity contribution is -0.164. The Kier molecular flexibility index (Phi) is 6.31. The maximum absolute atomic E-state index is 14.5. The Labute approximate surface area is 171 Å². The van der Waals surface area contributed by atoms with Gasteiger partial charge in [0, 0.05) is 18.2 Å². The van der Waals surface area contributed by atoms with E-state index in [1.807, 2.05) is 0 Å². The highest BCUT2D eigenvalue weighted by Gasteiger charge is 2.47. The molecular weight excluding hydrogens is 397 g/mol. The highest BCUT2D eigenvalue weighted by molar-refractivity contribution is 7.91. The molecule has 1 amide bonds. The van der Waals surface area contributed by atoms with Crippen LogP contribution in [-0.2, 0) is 29.6 Å². The summed E-state index contributed by atoms with van der Waals surface area (Å²) in [5.74, 6) is -1.45. The van der Waals surface area contributed by atoms with Gasteiger partial charge in [0.15, 0.2) is 15.9 Å². The number of rotatable bonds is 6.